The maximum Gasteiger partial charge on any atom is 0.386 e. The molecule has 0 radical (unpaired) electrons. The highest BCUT2D eigenvalue weighted by Gasteiger charge is 2.72. The zero-order chi connectivity index (χ0) is 13.2. The maximum absolute atomic E-state index is 13.2. The second-order valence-corrected chi connectivity index (χ2v) is 3.60. The fraction of sp³-hybridized carbons (Fsp3) is 1.00. The molecule has 0 saturated carbocycles. The van der Waals surface area contributed by atoms with Crippen LogP contribution < -0.4 is 0 Å². The van der Waals surface area contributed by atoms with Gasteiger partial charge in [0.1, 0.15) is 0 Å². The Balaban J connectivity index is 5.26. The van der Waals surface area contributed by atoms with Crippen molar-refractivity contribution in [2.45, 2.75) is 31.7 Å². The van der Waals surface area contributed by atoms with Gasteiger partial charge in [0.05, 0.1) is 0 Å². The molecule has 0 heterocycles. The van der Waals surface area contributed by atoms with Gasteiger partial charge < -0.3 is 0 Å². The minimum Gasteiger partial charge on any atom is -0.240 e. The third-order valence-corrected chi connectivity index (χ3v) is 2.77. The summed E-state index contributed by atoms with van der Waals surface area (Å²) in [5.41, 5.74) is 0. The van der Waals surface area contributed by atoms with Gasteiger partial charge in [-0.05, 0) is 0 Å². The molecule has 0 amide bonds. The van der Waals surface area contributed by atoms with E-state index >= 15 is 0 Å². The molecule has 0 N–H and O–H groups in total. The zero-order valence-corrected chi connectivity index (χ0v) is 10.1. The fourth-order valence-electron chi connectivity index (χ4n) is 1.17. The van der Waals surface area contributed by atoms with Gasteiger partial charge in [-0.15, -0.1) is 9.24 Å². The molecule has 0 aliphatic rings. The summed E-state index contributed by atoms with van der Waals surface area (Å²) in [6.07, 6.45) is -1.42. The summed E-state index contributed by atoms with van der Waals surface area (Å²) in [7, 11) is 1.35. The quantitative estimate of drug-likeness (QED) is 0.407. The van der Waals surface area contributed by atoms with Gasteiger partial charge in [0.2, 0.25) is 0 Å². The molecule has 0 rings (SSSR count). The van der Waals surface area contributed by atoms with Crippen LogP contribution in [0.5, 0.6) is 0 Å². The van der Waals surface area contributed by atoms with E-state index in [2.05, 4.69) is 0 Å². The lowest BCUT2D eigenvalue weighted by molar-refractivity contribution is -0.348. The van der Waals surface area contributed by atoms with Crippen molar-refractivity contribution < 1.29 is 26.3 Å². The molecule has 1 nitrogen and oxygen atoms in total. The molecule has 1 atom stereocenters. The minimum atomic E-state index is -5.40. The third-order valence-electron chi connectivity index (χ3n) is 2.25. The van der Waals surface area contributed by atoms with Crippen molar-refractivity contribution in [2.24, 2.45) is 0 Å². The van der Waals surface area contributed by atoms with E-state index in [0.717, 1.165) is 0 Å². The number of nitrogens with zero attached hydrogens (tertiary/aromatic N) is 1. The van der Waals surface area contributed by atoms with Crippen LogP contribution in [-0.4, -0.2) is 42.0 Å². The highest BCUT2D eigenvalue weighted by atomic mass is 31.0. The van der Waals surface area contributed by atoms with Gasteiger partial charge in [-0.3, -0.25) is 0 Å². The first-order valence-electron chi connectivity index (χ1n) is 4.67. The van der Waals surface area contributed by atoms with Crippen LogP contribution in [0.3, 0.4) is 0 Å². The standard InChI is InChI=1S/C8H14F6NP/c1-3-15(4-2)8(13,14)7(11,12)6(9,10)5-16/h3-5,16H2,1-2H3. The van der Waals surface area contributed by atoms with Crippen LogP contribution >= 0.6 is 9.24 Å². The van der Waals surface area contributed by atoms with Crippen molar-refractivity contribution in [2.75, 3.05) is 19.3 Å². The van der Waals surface area contributed by atoms with E-state index in [1.165, 1.54) is 23.1 Å². The van der Waals surface area contributed by atoms with E-state index in [-0.39, 0.29) is 4.90 Å². The second kappa shape index (κ2) is 5.08. The number of halogens is 6. The molecule has 0 saturated heterocycles. The first-order valence-corrected chi connectivity index (χ1v) is 5.48. The van der Waals surface area contributed by atoms with Crippen molar-refractivity contribution in [3.05, 3.63) is 0 Å². The first kappa shape index (κ1) is 16.0. The molecule has 0 aromatic rings. The van der Waals surface area contributed by atoms with Crippen LogP contribution in [0.1, 0.15) is 13.8 Å². The largest absolute Gasteiger partial charge is 0.386 e. The van der Waals surface area contributed by atoms with E-state index in [0.29, 0.717) is 0 Å². The Bertz CT molecular complexity index is 229. The molecule has 98 valence electrons. The molecule has 1 unspecified atom stereocenters. The lowest BCUT2D eigenvalue weighted by Gasteiger charge is -2.38. The number of rotatable bonds is 6. The topological polar surface area (TPSA) is 3.24 Å². The Labute approximate surface area is 92.4 Å². The predicted molar refractivity (Wildman–Crippen MR) is 52.3 cm³/mol. The molecular formula is C8H14F6NP. The fourth-order valence-corrected chi connectivity index (χ4v) is 1.42. The Hall–Kier alpha value is -0.0300. The average Bonchev–Trinajstić information content (AvgIpc) is 2.18. The molecule has 0 aromatic heterocycles. The molecule has 0 spiro atoms. The van der Waals surface area contributed by atoms with Gasteiger partial charge in [-0.2, -0.15) is 26.3 Å². The highest BCUT2D eigenvalue weighted by molar-refractivity contribution is 7.16. The molecule has 0 aliphatic heterocycles. The van der Waals surface area contributed by atoms with E-state index in [1.54, 1.807) is 0 Å². The average molecular weight is 269 g/mol. The Morgan fingerprint density at radius 3 is 1.56 bits per heavy atom. The Morgan fingerprint density at radius 2 is 1.31 bits per heavy atom. The van der Waals surface area contributed by atoms with Crippen LogP contribution in [0, 0.1) is 0 Å². The van der Waals surface area contributed by atoms with Gasteiger partial charge >= 0.3 is 17.9 Å². The number of alkyl halides is 6. The normalized spacial score (nSPS) is 14.6. The van der Waals surface area contributed by atoms with Crippen LogP contribution in [0.15, 0.2) is 0 Å². The zero-order valence-electron chi connectivity index (χ0n) is 8.91. The van der Waals surface area contributed by atoms with Crippen molar-refractivity contribution in [1.82, 2.24) is 4.90 Å². The second-order valence-electron chi connectivity index (χ2n) is 3.20. The lowest BCUT2D eigenvalue weighted by atomic mass is 10.1. The molecular weight excluding hydrogens is 255 g/mol. The minimum absolute atomic E-state index is 0.0151. The van der Waals surface area contributed by atoms with Crippen molar-refractivity contribution in [1.29, 1.82) is 0 Å². The highest BCUT2D eigenvalue weighted by Crippen LogP contribution is 2.47. The lowest BCUT2D eigenvalue weighted by Crippen LogP contribution is -2.62. The van der Waals surface area contributed by atoms with Gasteiger partial charge in [-0.1, -0.05) is 13.8 Å². The van der Waals surface area contributed by atoms with Crippen LogP contribution in [0.4, 0.5) is 26.3 Å². The van der Waals surface area contributed by atoms with Crippen LogP contribution in [0.25, 0.3) is 0 Å². The molecule has 0 bridgehead atoms. The molecule has 16 heavy (non-hydrogen) atoms. The van der Waals surface area contributed by atoms with Crippen LogP contribution in [-0.2, 0) is 0 Å². The summed E-state index contributed by atoms with van der Waals surface area (Å²) >= 11 is 0. The summed E-state index contributed by atoms with van der Waals surface area (Å²) in [6, 6.07) is -4.86. The van der Waals surface area contributed by atoms with E-state index in [4.69, 9.17) is 0 Å². The maximum atomic E-state index is 13.2. The molecule has 0 aromatic carbocycles. The van der Waals surface area contributed by atoms with Crippen LogP contribution in [0.2, 0.25) is 0 Å². The van der Waals surface area contributed by atoms with E-state index in [9.17, 15) is 26.3 Å². The van der Waals surface area contributed by atoms with Crippen molar-refractivity contribution in [3.63, 3.8) is 0 Å². The van der Waals surface area contributed by atoms with Gasteiger partial charge in [-0.25, -0.2) is 4.90 Å². The summed E-state index contributed by atoms with van der Waals surface area (Å²) in [5.74, 6) is -10.2. The van der Waals surface area contributed by atoms with Gasteiger partial charge in [0.15, 0.2) is 0 Å². The van der Waals surface area contributed by atoms with Gasteiger partial charge in [0.25, 0.3) is 0 Å². The number of hydrogen-bond donors (Lipinski definition) is 0. The predicted octanol–water partition coefficient (Wildman–Crippen LogP) is 3.07. The summed E-state index contributed by atoms with van der Waals surface area (Å²) < 4.78 is 78.1. The molecule has 0 aliphatic carbocycles. The van der Waals surface area contributed by atoms with E-state index in [1.807, 2.05) is 0 Å². The summed E-state index contributed by atoms with van der Waals surface area (Å²) in [4.78, 5) is 0.0151. The Kier molecular flexibility index (Phi) is 5.08. The van der Waals surface area contributed by atoms with Crippen molar-refractivity contribution in [3.8, 4) is 0 Å². The van der Waals surface area contributed by atoms with E-state index < -0.39 is 37.1 Å². The summed E-state index contributed by atoms with van der Waals surface area (Å²) in [6.45, 7) is 1.52. The van der Waals surface area contributed by atoms with Gasteiger partial charge in [0, 0.05) is 19.3 Å². The molecule has 8 heteroatoms. The summed E-state index contributed by atoms with van der Waals surface area (Å²) in [5, 5.41) is 0. The SMILES string of the molecule is CCN(CC)C(F)(F)C(F)(F)C(F)(F)CP. The number of hydrogen-bond acceptors (Lipinski definition) is 1. The van der Waals surface area contributed by atoms with Crippen molar-refractivity contribution >= 4 is 9.24 Å². The first-order chi connectivity index (χ1) is 7.08. The Morgan fingerprint density at radius 1 is 0.938 bits per heavy atom. The molecule has 0 fully saturated rings. The smallest absolute Gasteiger partial charge is 0.240 e. The monoisotopic (exact) mass is 269 g/mol. The third kappa shape index (κ3) is 2.45.